The maximum absolute atomic E-state index is 13.0. The summed E-state index contributed by atoms with van der Waals surface area (Å²) in [6.07, 6.45) is 0.961. The Balaban J connectivity index is 1.65. The molecule has 1 aliphatic heterocycles. The fraction of sp³-hybridized carbons (Fsp3) is 0.409. The molecular formula is C22H28N2O5S. The number of carbonyl (C=O) groups is 1. The molecule has 0 spiro atoms. The van der Waals surface area contributed by atoms with Crippen LogP contribution in [0.5, 0.6) is 11.5 Å². The summed E-state index contributed by atoms with van der Waals surface area (Å²) >= 11 is 0. The monoisotopic (exact) mass is 432 g/mol. The van der Waals surface area contributed by atoms with Crippen molar-refractivity contribution < 1.29 is 22.7 Å². The molecule has 0 unspecified atom stereocenters. The Kier molecular flexibility index (Phi) is 6.99. The van der Waals surface area contributed by atoms with Crippen molar-refractivity contribution in [2.45, 2.75) is 24.7 Å². The molecule has 0 aliphatic carbocycles. The van der Waals surface area contributed by atoms with E-state index in [9.17, 15) is 13.2 Å². The first-order chi connectivity index (χ1) is 14.4. The van der Waals surface area contributed by atoms with Crippen LogP contribution in [0.2, 0.25) is 0 Å². The van der Waals surface area contributed by atoms with Gasteiger partial charge in [0.15, 0.2) is 0 Å². The Morgan fingerprint density at radius 2 is 1.73 bits per heavy atom. The van der Waals surface area contributed by atoms with Crippen molar-refractivity contribution in [3.05, 3.63) is 48.5 Å². The second-order valence-electron chi connectivity index (χ2n) is 7.15. The summed E-state index contributed by atoms with van der Waals surface area (Å²) in [6.45, 7) is 3.02. The molecule has 2 aromatic rings. The number of rotatable bonds is 7. The highest BCUT2D eigenvalue weighted by molar-refractivity contribution is 7.89. The minimum Gasteiger partial charge on any atom is -0.495 e. The molecule has 7 nitrogen and oxygen atoms in total. The van der Waals surface area contributed by atoms with Crippen molar-refractivity contribution in [2.75, 3.05) is 38.8 Å². The predicted molar refractivity (Wildman–Crippen MR) is 115 cm³/mol. The molecule has 0 atom stereocenters. The Labute approximate surface area is 178 Å². The zero-order chi connectivity index (χ0) is 21.7. The van der Waals surface area contributed by atoms with E-state index >= 15 is 0 Å². The molecule has 1 aliphatic rings. The van der Waals surface area contributed by atoms with Gasteiger partial charge in [-0.25, -0.2) is 8.42 Å². The standard InChI is InChI=1S/C22H28N2O5S/c1-4-29-18-9-11-19(12-10-18)30(26,27)24-15-13-17(14-16-24)22(25)23(2)20-7-5-6-8-21(20)28-3/h5-12,17H,4,13-16H2,1-3H3. The molecule has 8 heteroatoms. The number of carbonyl (C=O) groups excluding carboxylic acids is 1. The highest BCUT2D eigenvalue weighted by Crippen LogP contribution is 2.31. The molecule has 0 N–H and O–H groups in total. The highest BCUT2D eigenvalue weighted by Gasteiger charge is 2.33. The van der Waals surface area contributed by atoms with Gasteiger partial charge in [-0.3, -0.25) is 4.79 Å². The average molecular weight is 433 g/mol. The number of amides is 1. The fourth-order valence-corrected chi connectivity index (χ4v) is 5.14. The first-order valence-corrected chi connectivity index (χ1v) is 11.5. The van der Waals surface area contributed by atoms with Gasteiger partial charge >= 0.3 is 0 Å². The average Bonchev–Trinajstić information content (AvgIpc) is 2.78. The summed E-state index contributed by atoms with van der Waals surface area (Å²) in [5.41, 5.74) is 0.703. The van der Waals surface area contributed by atoms with Gasteiger partial charge in [0, 0.05) is 26.1 Å². The highest BCUT2D eigenvalue weighted by atomic mass is 32.2. The number of methoxy groups -OCH3 is 1. The molecule has 1 heterocycles. The van der Waals surface area contributed by atoms with Gasteiger partial charge in [-0.05, 0) is 56.2 Å². The number of sulfonamides is 1. The maximum Gasteiger partial charge on any atom is 0.243 e. The van der Waals surface area contributed by atoms with Crippen LogP contribution in [0.25, 0.3) is 0 Å². The van der Waals surface area contributed by atoms with Gasteiger partial charge in [0.25, 0.3) is 0 Å². The zero-order valence-corrected chi connectivity index (χ0v) is 18.4. The third kappa shape index (κ3) is 4.60. The van der Waals surface area contributed by atoms with E-state index in [1.807, 2.05) is 31.2 Å². The van der Waals surface area contributed by atoms with E-state index in [1.54, 1.807) is 43.3 Å². The van der Waals surface area contributed by atoms with Gasteiger partial charge in [0.1, 0.15) is 11.5 Å². The SMILES string of the molecule is CCOc1ccc(S(=O)(=O)N2CCC(C(=O)N(C)c3ccccc3OC)CC2)cc1. The number of ether oxygens (including phenoxy) is 2. The predicted octanol–water partition coefficient (Wildman–Crippen LogP) is 3.16. The van der Waals surface area contributed by atoms with Gasteiger partial charge in [-0.2, -0.15) is 4.31 Å². The Morgan fingerprint density at radius 3 is 2.33 bits per heavy atom. The first-order valence-electron chi connectivity index (χ1n) is 10.0. The number of hydrogen-bond acceptors (Lipinski definition) is 5. The summed E-state index contributed by atoms with van der Waals surface area (Å²) in [5, 5.41) is 0. The molecule has 3 rings (SSSR count). The molecule has 0 saturated carbocycles. The minimum absolute atomic E-state index is 0.0300. The Hall–Kier alpha value is -2.58. The van der Waals surface area contributed by atoms with Crippen molar-refractivity contribution in [1.82, 2.24) is 4.31 Å². The number of piperidine rings is 1. The smallest absolute Gasteiger partial charge is 0.243 e. The summed E-state index contributed by atoms with van der Waals surface area (Å²) in [7, 11) is -0.297. The van der Waals surface area contributed by atoms with Crippen LogP contribution in [-0.2, 0) is 14.8 Å². The topological polar surface area (TPSA) is 76.2 Å². The normalized spacial score (nSPS) is 15.6. The van der Waals surface area contributed by atoms with Crippen molar-refractivity contribution in [1.29, 1.82) is 0 Å². The van der Waals surface area contributed by atoms with Crippen molar-refractivity contribution in [3.8, 4) is 11.5 Å². The quantitative estimate of drug-likeness (QED) is 0.672. The van der Waals surface area contributed by atoms with Gasteiger partial charge in [0.2, 0.25) is 15.9 Å². The lowest BCUT2D eigenvalue weighted by molar-refractivity contribution is -0.123. The van der Waals surface area contributed by atoms with E-state index in [-0.39, 0.29) is 16.7 Å². The van der Waals surface area contributed by atoms with Crippen molar-refractivity contribution in [2.24, 2.45) is 5.92 Å². The van der Waals surface area contributed by atoms with Crippen LogP contribution in [0.3, 0.4) is 0 Å². The molecule has 2 aromatic carbocycles. The second kappa shape index (κ2) is 9.49. The molecule has 0 radical (unpaired) electrons. The van der Waals surface area contributed by atoms with Crippen LogP contribution < -0.4 is 14.4 Å². The Morgan fingerprint density at radius 1 is 1.10 bits per heavy atom. The molecule has 162 valence electrons. The van der Waals surface area contributed by atoms with E-state index < -0.39 is 10.0 Å². The number of anilines is 1. The third-order valence-electron chi connectivity index (χ3n) is 5.35. The lowest BCUT2D eigenvalue weighted by Crippen LogP contribution is -2.43. The summed E-state index contributed by atoms with van der Waals surface area (Å²) in [5.74, 6) is 1.01. The number of benzene rings is 2. The van der Waals surface area contributed by atoms with Crippen molar-refractivity contribution >= 4 is 21.6 Å². The van der Waals surface area contributed by atoms with Crippen LogP contribution in [0.4, 0.5) is 5.69 Å². The molecule has 0 aromatic heterocycles. The summed E-state index contributed by atoms with van der Waals surface area (Å²) < 4.78 is 38.1. The molecule has 0 bridgehead atoms. The van der Waals surface area contributed by atoms with Gasteiger partial charge in [-0.1, -0.05) is 12.1 Å². The zero-order valence-electron chi connectivity index (χ0n) is 17.6. The van der Waals surface area contributed by atoms with Gasteiger partial charge < -0.3 is 14.4 Å². The van der Waals surface area contributed by atoms with Crippen LogP contribution in [0.15, 0.2) is 53.4 Å². The second-order valence-corrected chi connectivity index (χ2v) is 9.09. The maximum atomic E-state index is 13.0. The van der Waals surface area contributed by atoms with E-state index in [2.05, 4.69) is 0 Å². The number of hydrogen-bond donors (Lipinski definition) is 0. The van der Waals surface area contributed by atoms with E-state index in [0.717, 1.165) is 0 Å². The van der Waals surface area contributed by atoms with E-state index in [0.29, 0.717) is 49.7 Å². The lowest BCUT2D eigenvalue weighted by Gasteiger charge is -2.32. The van der Waals surface area contributed by atoms with Gasteiger partial charge in [0.05, 0.1) is 24.3 Å². The van der Waals surface area contributed by atoms with Crippen LogP contribution in [0.1, 0.15) is 19.8 Å². The van der Waals surface area contributed by atoms with E-state index in [1.165, 1.54) is 4.31 Å². The Bertz CT molecular complexity index is 967. The van der Waals surface area contributed by atoms with Crippen molar-refractivity contribution in [3.63, 3.8) is 0 Å². The minimum atomic E-state index is -3.59. The van der Waals surface area contributed by atoms with E-state index in [4.69, 9.17) is 9.47 Å². The number of nitrogens with zero attached hydrogens (tertiary/aromatic N) is 2. The van der Waals surface area contributed by atoms with Crippen LogP contribution >= 0.6 is 0 Å². The molecule has 1 amide bonds. The fourth-order valence-electron chi connectivity index (χ4n) is 3.67. The molecular weight excluding hydrogens is 404 g/mol. The first kappa shape index (κ1) is 22.1. The molecule has 1 fully saturated rings. The van der Waals surface area contributed by atoms with Crippen LogP contribution in [-0.4, -0.2) is 52.5 Å². The summed E-state index contributed by atoms with van der Waals surface area (Å²) in [6, 6.07) is 13.8. The lowest BCUT2D eigenvalue weighted by atomic mass is 9.96. The van der Waals surface area contributed by atoms with Gasteiger partial charge in [-0.15, -0.1) is 0 Å². The van der Waals surface area contributed by atoms with Crippen LogP contribution in [0, 0.1) is 5.92 Å². The molecule has 30 heavy (non-hydrogen) atoms. The third-order valence-corrected chi connectivity index (χ3v) is 7.27. The summed E-state index contributed by atoms with van der Waals surface area (Å²) in [4.78, 5) is 14.8. The largest absolute Gasteiger partial charge is 0.495 e. The molecule has 1 saturated heterocycles. The number of para-hydroxylation sites is 2.